The standard InChI is InChI=1S/C23H16N2O5S/c1-29-14-10-8-13(9-11-14)20(26)18-19(16-6-4-12-30-16)25(22(28)21(18)27)23-24-15-5-2-3-7-17(15)31-23/h2-12,19,26H,1H3/b20-18+. The lowest BCUT2D eigenvalue weighted by Crippen LogP contribution is -2.29. The molecule has 1 aliphatic rings. The third-order valence-corrected chi connectivity index (χ3v) is 6.14. The van der Waals surface area contributed by atoms with Gasteiger partial charge < -0.3 is 14.3 Å². The third-order valence-electron chi connectivity index (χ3n) is 5.11. The normalized spacial score (nSPS) is 18.1. The van der Waals surface area contributed by atoms with E-state index < -0.39 is 17.7 Å². The molecule has 0 saturated carbocycles. The van der Waals surface area contributed by atoms with Crippen LogP contribution in [0.1, 0.15) is 17.4 Å². The molecule has 0 bridgehead atoms. The highest BCUT2D eigenvalue weighted by Crippen LogP contribution is 2.44. The minimum atomic E-state index is -0.933. The zero-order valence-electron chi connectivity index (χ0n) is 16.3. The fraction of sp³-hybridized carbons (Fsp3) is 0.0870. The molecule has 1 fully saturated rings. The summed E-state index contributed by atoms with van der Waals surface area (Å²) in [5.41, 5.74) is 1.06. The Morgan fingerprint density at radius 1 is 1.10 bits per heavy atom. The number of benzene rings is 2. The molecule has 3 heterocycles. The van der Waals surface area contributed by atoms with Crippen LogP contribution < -0.4 is 9.64 Å². The molecule has 0 spiro atoms. The lowest BCUT2D eigenvalue weighted by molar-refractivity contribution is -0.132. The van der Waals surface area contributed by atoms with E-state index >= 15 is 0 Å². The van der Waals surface area contributed by atoms with Crippen molar-refractivity contribution < 1.29 is 23.8 Å². The molecule has 2 aromatic carbocycles. The molecule has 1 unspecified atom stereocenters. The molecule has 154 valence electrons. The summed E-state index contributed by atoms with van der Waals surface area (Å²) in [4.78, 5) is 32.0. The maximum atomic E-state index is 13.1. The van der Waals surface area contributed by atoms with E-state index in [0.717, 1.165) is 10.2 Å². The summed E-state index contributed by atoms with van der Waals surface area (Å²) in [6.45, 7) is 0. The number of furan rings is 1. The number of nitrogens with zero attached hydrogens (tertiary/aromatic N) is 2. The van der Waals surface area contributed by atoms with Gasteiger partial charge in [0.25, 0.3) is 5.78 Å². The molecule has 1 amide bonds. The molecule has 7 nitrogen and oxygen atoms in total. The second kappa shape index (κ2) is 7.41. The van der Waals surface area contributed by atoms with Gasteiger partial charge in [0, 0.05) is 5.56 Å². The zero-order chi connectivity index (χ0) is 21.5. The van der Waals surface area contributed by atoms with Gasteiger partial charge in [-0.3, -0.25) is 14.5 Å². The molecule has 4 aromatic rings. The average Bonchev–Trinajstić information content (AvgIpc) is 3.52. The van der Waals surface area contributed by atoms with Gasteiger partial charge in [0.2, 0.25) is 0 Å². The molecule has 1 saturated heterocycles. The largest absolute Gasteiger partial charge is 0.507 e. The molecule has 2 aromatic heterocycles. The summed E-state index contributed by atoms with van der Waals surface area (Å²) in [6.07, 6.45) is 1.46. The summed E-state index contributed by atoms with van der Waals surface area (Å²) in [6, 6.07) is 16.5. The molecule has 1 atom stereocenters. The van der Waals surface area contributed by atoms with Crippen molar-refractivity contribution in [3.8, 4) is 5.75 Å². The Kier molecular flexibility index (Phi) is 4.56. The summed E-state index contributed by atoms with van der Waals surface area (Å²) >= 11 is 1.30. The number of hydrogen-bond acceptors (Lipinski definition) is 7. The van der Waals surface area contributed by atoms with Gasteiger partial charge in [-0.2, -0.15) is 0 Å². The van der Waals surface area contributed by atoms with Crippen LogP contribution in [0.4, 0.5) is 5.13 Å². The van der Waals surface area contributed by atoms with Crippen LogP contribution >= 0.6 is 11.3 Å². The van der Waals surface area contributed by atoms with E-state index in [-0.39, 0.29) is 11.3 Å². The van der Waals surface area contributed by atoms with Crippen LogP contribution in [0.5, 0.6) is 5.75 Å². The Hall–Kier alpha value is -3.91. The van der Waals surface area contributed by atoms with Gasteiger partial charge in [0.15, 0.2) is 5.13 Å². The molecule has 8 heteroatoms. The quantitative estimate of drug-likeness (QED) is 0.289. The van der Waals surface area contributed by atoms with E-state index in [9.17, 15) is 14.7 Å². The first-order valence-electron chi connectivity index (χ1n) is 9.43. The molecular formula is C23H16N2O5S. The minimum Gasteiger partial charge on any atom is -0.507 e. The highest BCUT2D eigenvalue weighted by Gasteiger charge is 2.49. The van der Waals surface area contributed by atoms with Crippen LogP contribution in [0.25, 0.3) is 16.0 Å². The second-order valence-corrected chi connectivity index (χ2v) is 7.89. The molecule has 31 heavy (non-hydrogen) atoms. The van der Waals surface area contributed by atoms with Crippen LogP contribution in [0.3, 0.4) is 0 Å². The number of aromatic nitrogens is 1. The topological polar surface area (TPSA) is 92.9 Å². The van der Waals surface area contributed by atoms with E-state index in [2.05, 4.69) is 4.98 Å². The number of aliphatic hydroxyl groups is 1. The number of para-hydroxylation sites is 1. The van der Waals surface area contributed by atoms with E-state index in [1.54, 1.807) is 36.4 Å². The summed E-state index contributed by atoms with van der Waals surface area (Å²) < 4.78 is 11.6. The Morgan fingerprint density at radius 3 is 2.55 bits per heavy atom. The SMILES string of the molecule is COc1ccc(/C(O)=C2\C(=O)C(=O)N(c3nc4ccccc4s3)C2c2ccco2)cc1. The Morgan fingerprint density at radius 2 is 1.87 bits per heavy atom. The van der Waals surface area contributed by atoms with Crippen molar-refractivity contribution in [1.29, 1.82) is 0 Å². The van der Waals surface area contributed by atoms with Crippen molar-refractivity contribution in [2.75, 3.05) is 12.0 Å². The number of amides is 1. The van der Waals surface area contributed by atoms with Gasteiger partial charge in [-0.15, -0.1) is 0 Å². The van der Waals surface area contributed by atoms with Crippen molar-refractivity contribution in [2.45, 2.75) is 6.04 Å². The van der Waals surface area contributed by atoms with E-state index in [4.69, 9.17) is 9.15 Å². The number of fused-ring (bicyclic) bond motifs is 1. The monoisotopic (exact) mass is 432 g/mol. The number of thiazole rings is 1. The number of methoxy groups -OCH3 is 1. The van der Waals surface area contributed by atoms with Crippen molar-refractivity contribution >= 4 is 44.1 Å². The smallest absolute Gasteiger partial charge is 0.302 e. The van der Waals surface area contributed by atoms with Gasteiger partial charge in [-0.25, -0.2) is 4.98 Å². The van der Waals surface area contributed by atoms with Crippen molar-refractivity contribution in [3.05, 3.63) is 83.8 Å². The Labute approximate surface area is 180 Å². The predicted molar refractivity (Wildman–Crippen MR) is 116 cm³/mol. The number of aliphatic hydroxyl groups excluding tert-OH is 1. The van der Waals surface area contributed by atoms with Gasteiger partial charge in [0.05, 0.1) is 29.2 Å². The number of Topliss-reactive ketones (excluding diaryl/α,β-unsaturated/α-hetero) is 1. The highest BCUT2D eigenvalue weighted by molar-refractivity contribution is 7.22. The van der Waals surface area contributed by atoms with Gasteiger partial charge >= 0.3 is 5.91 Å². The van der Waals surface area contributed by atoms with E-state index in [1.165, 1.54) is 29.6 Å². The van der Waals surface area contributed by atoms with Crippen molar-refractivity contribution in [2.24, 2.45) is 0 Å². The fourth-order valence-electron chi connectivity index (χ4n) is 3.61. The fourth-order valence-corrected chi connectivity index (χ4v) is 4.61. The molecule has 0 aliphatic carbocycles. The number of ketones is 1. The first-order valence-corrected chi connectivity index (χ1v) is 10.2. The Balaban J connectivity index is 1.69. The summed E-state index contributed by atoms with van der Waals surface area (Å²) in [5.74, 6) is -0.891. The van der Waals surface area contributed by atoms with Crippen molar-refractivity contribution in [3.63, 3.8) is 0 Å². The molecule has 0 radical (unpaired) electrons. The Bertz CT molecular complexity index is 1290. The van der Waals surface area contributed by atoms with Crippen LogP contribution in [-0.4, -0.2) is 28.9 Å². The lowest BCUT2D eigenvalue weighted by atomic mass is 9.99. The van der Waals surface area contributed by atoms with E-state index in [0.29, 0.717) is 22.2 Å². The summed E-state index contributed by atoms with van der Waals surface area (Å²) in [5, 5.41) is 11.4. The van der Waals surface area contributed by atoms with Crippen LogP contribution in [0.2, 0.25) is 0 Å². The lowest BCUT2D eigenvalue weighted by Gasteiger charge is -2.20. The first-order chi connectivity index (χ1) is 15.1. The van der Waals surface area contributed by atoms with Crippen LogP contribution in [-0.2, 0) is 9.59 Å². The number of hydrogen-bond donors (Lipinski definition) is 1. The first kappa shape index (κ1) is 19.1. The average molecular weight is 432 g/mol. The summed E-state index contributed by atoms with van der Waals surface area (Å²) in [7, 11) is 1.54. The van der Waals surface area contributed by atoms with Crippen LogP contribution in [0.15, 0.2) is 76.9 Å². The number of ether oxygens (including phenoxy) is 1. The van der Waals surface area contributed by atoms with Gasteiger partial charge in [-0.1, -0.05) is 23.5 Å². The van der Waals surface area contributed by atoms with E-state index in [1.807, 2.05) is 24.3 Å². The maximum absolute atomic E-state index is 13.1. The maximum Gasteiger partial charge on any atom is 0.302 e. The zero-order valence-corrected chi connectivity index (χ0v) is 17.1. The molecule has 5 rings (SSSR count). The predicted octanol–water partition coefficient (Wildman–Crippen LogP) is 4.52. The van der Waals surface area contributed by atoms with Gasteiger partial charge in [0.1, 0.15) is 23.3 Å². The highest BCUT2D eigenvalue weighted by atomic mass is 32.1. The molecule has 1 N–H and O–H groups in total. The number of carbonyl (C=O) groups excluding carboxylic acids is 2. The van der Waals surface area contributed by atoms with Gasteiger partial charge in [-0.05, 0) is 48.5 Å². The molecule has 1 aliphatic heterocycles. The third kappa shape index (κ3) is 3.08. The second-order valence-electron chi connectivity index (χ2n) is 6.88. The number of anilines is 1. The van der Waals surface area contributed by atoms with Crippen molar-refractivity contribution in [1.82, 2.24) is 4.98 Å². The number of rotatable bonds is 4. The molecular weight excluding hydrogens is 416 g/mol. The van der Waals surface area contributed by atoms with Crippen LogP contribution in [0, 0.1) is 0 Å². The minimum absolute atomic E-state index is 0.0515. The number of carbonyl (C=O) groups is 2.